The van der Waals surface area contributed by atoms with Crippen LogP contribution in [0.3, 0.4) is 0 Å². The highest BCUT2D eigenvalue weighted by molar-refractivity contribution is 7.99. The van der Waals surface area contributed by atoms with Gasteiger partial charge in [0.25, 0.3) is 0 Å². The first kappa shape index (κ1) is 14.5. The number of thioether (sulfide) groups is 1. The molecular formula is C17H23N3OS. The molecule has 0 radical (unpaired) electrons. The van der Waals surface area contributed by atoms with Crippen LogP contribution in [0.4, 0.5) is 0 Å². The predicted octanol–water partition coefficient (Wildman–Crippen LogP) is 1.31. The summed E-state index contributed by atoms with van der Waals surface area (Å²) in [5.41, 5.74) is 3.17. The van der Waals surface area contributed by atoms with Crippen LogP contribution in [-0.4, -0.2) is 48.1 Å². The van der Waals surface area contributed by atoms with E-state index in [4.69, 9.17) is 0 Å². The lowest BCUT2D eigenvalue weighted by Crippen LogP contribution is -2.54. The zero-order chi connectivity index (χ0) is 15.0. The van der Waals surface area contributed by atoms with Crippen LogP contribution in [0.5, 0.6) is 0 Å². The number of hydrogen-bond donors (Lipinski definition) is 2. The number of likely N-dealkylation sites (tertiary alicyclic amines) is 1. The van der Waals surface area contributed by atoms with Gasteiger partial charge < -0.3 is 10.2 Å². The van der Waals surface area contributed by atoms with Crippen LogP contribution in [0, 0.1) is 0 Å². The molecule has 1 amide bonds. The number of piperidine rings is 1. The molecular weight excluding hydrogens is 294 g/mol. The molecule has 2 saturated heterocycles. The number of nitrogens with zero attached hydrogens (tertiary/aromatic N) is 1. The molecule has 2 fully saturated rings. The van der Waals surface area contributed by atoms with Crippen LogP contribution >= 0.6 is 11.8 Å². The summed E-state index contributed by atoms with van der Waals surface area (Å²) in [7, 11) is 0. The van der Waals surface area contributed by atoms with Crippen LogP contribution in [0.25, 0.3) is 0 Å². The van der Waals surface area contributed by atoms with E-state index in [9.17, 15) is 4.79 Å². The number of fused-ring (bicyclic) bond motifs is 2. The quantitative estimate of drug-likeness (QED) is 0.820. The summed E-state index contributed by atoms with van der Waals surface area (Å²) in [6.45, 7) is 3.79. The highest BCUT2D eigenvalue weighted by atomic mass is 32.2. The average Bonchev–Trinajstić information content (AvgIpc) is 3.10. The van der Waals surface area contributed by atoms with E-state index in [0.29, 0.717) is 5.91 Å². The fraction of sp³-hybridized carbons (Fsp3) is 0.588. The maximum atomic E-state index is 12.6. The molecule has 2 N–H and O–H groups in total. The molecule has 0 aromatic heterocycles. The Morgan fingerprint density at radius 3 is 2.86 bits per heavy atom. The van der Waals surface area contributed by atoms with Crippen molar-refractivity contribution in [3.8, 4) is 0 Å². The highest BCUT2D eigenvalue weighted by Crippen LogP contribution is 2.39. The van der Waals surface area contributed by atoms with Crippen LogP contribution in [0.2, 0.25) is 0 Å². The molecule has 1 aromatic rings. The van der Waals surface area contributed by atoms with Gasteiger partial charge in [-0.1, -0.05) is 24.3 Å². The smallest absolute Gasteiger partial charge is 0.240 e. The van der Waals surface area contributed by atoms with Gasteiger partial charge in [-0.25, -0.2) is 0 Å². The Hall–Kier alpha value is -1.04. The van der Waals surface area contributed by atoms with Crippen LogP contribution in [0.15, 0.2) is 24.3 Å². The van der Waals surface area contributed by atoms with Gasteiger partial charge in [0.15, 0.2) is 0 Å². The molecule has 5 heteroatoms. The minimum Gasteiger partial charge on any atom is -0.341 e. The largest absolute Gasteiger partial charge is 0.341 e. The van der Waals surface area contributed by atoms with Crippen molar-refractivity contribution in [2.24, 2.45) is 0 Å². The molecule has 1 atom stereocenters. The topological polar surface area (TPSA) is 44.4 Å². The third-order valence-corrected chi connectivity index (χ3v) is 6.35. The molecule has 3 aliphatic rings. The van der Waals surface area contributed by atoms with Crippen molar-refractivity contribution in [2.75, 3.05) is 31.3 Å². The second-order valence-corrected chi connectivity index (χ2v) is 7.67. The molecule has 4 rings (SSSR count). The van der Waals surface area contributed by atoms with Crippen molar-refractivity contribution in [1.29, 1.82) is 0 Å². The molecule has 0 saturated carbocycles. The van der Waals surface area contributed by atoms with E-state index in [1.165, 1.54) is 11.1 Å². The summed E-state index contributed by atoms with van der Waals surface area (Å²) in [5, 5.41) is 6.88. The number of rotatable bonds is 1. The Morgan fingerprint density at radius 1 is 1.27 bits per heavy atom. The van der Waals surface area contributed by atoms with Crippen molar-refractivity contribution in [3.63, 3.8) is 0 Å². The second-order valence-electron chi connectivity index (χ2n) is 6.64. The zero-order valence-electron chi connectivity index (χ0n) is 12.8. The van der Waals surface area contributed by atoms with E-state index in [2.05, 4.69) is 39.8 Å². The first-order valence-electron chi connectivity index (χ1n) is 8.18. The van der Waals surface area contributed by atoms with Gasteiger partial charge in [0.1, 0.15) is 0 Å². The Balaban J connectivity index is 1.49. The predicted molar refractivity (Wildman–Crippen MR) is 89.9 cm³/mol. The summed E-state index contributed by atoms with van der Waals surface area (Å²) < 4.78 is 0. The van der Waals surface area contributed by atoms with Gasteiger partial charge in [-0.2, -0.15) is 0 Å². The summed E-state index contributed by atoms with van der Waals surface area (Å²) in [6, 6.07) is 8.85. The van der Waals surface area contributed by atoms with Gasteiger partial charge in [-0.3, -0.25) is 10.1 Å². The van der Waals surface area contributed by atoms with E-state index in [1.807, 2.05) is 11.8 Å². The Morgan fingerprint density at radius 2 is 2.09 bits per heavy atom. The Kier molecular flexibility index (Phi) is 3.88. The van der Waals surface area contributed by atoms with Crippen LogP contribution in [0.1, 0.15) is 24.0 Å². The molecule has 22 heavy (non-hydrogen) atoms. The third-order valence-electron chi connectivity index (χ3n) is 5.41. The third kappa shape index (κ3) is 2.45. The monoisotopic (exact) mass is 317 g/mol. The lowest BCUT2D eigenvalue weighted by Gasteiger charge is -2.46. The summed E-state index contributed by atoms with van der Waals surface area (Å²) >= 11 is 1.82. The van der Waals surface area contributed by atoms with E-state index >= 15 is 0 Å². The van der Waals surface area contributed by atoms with Gasteiger partial charge in [0.05, 0.1) is 6.04 Å². The minimum absolute atomic E-state index is 0.0378. The molecule has 3 aliphatic heterocycles. The lowest BCUT2D eigenvalue weighted by atomic mass is 9.69. The van der Waals surface area contributed by atoms with E-state index in [1.54, 1.807) is 0 Å². The fourth-order valence-electron chi connectivity index (χ4n) is 4.10. The number of hydrogen-bond acceptors (Lipinski definition) is 4. The molecule has 118 valence electrons. The van der Waals surface area contributed by atoms with E-state index in [-0.39, 0.29) is 11.5 Å². The van der Waals surface area contributed by atoms with Gasteiger partial charge in [0, 0.05) is 43.2 Å². The van der Waals surface area contributed by atoms with Crippen LogP contribution < -0.4 is 10.6 Å². The normalized spacial score (nSPS) is 26.9. The van der Waals surface area contributed by atoms with Crippen molar-refractivity contribution in [2.45, 2.75) is 30.8 Å². The molecule has 1 aromatic carbocycles. The van der Waals surface area contributed by atoms with Gasteiger partial charge in [0.2, 0.25) is 5.91 Å². The zero-order valence-corrected chi connectivity index (χ0v) is 13.6. The van der Waals surface area contributed by atoms with Gasteiger partial charge >= 0.3 is 0 Å². The number of carbonyl (C=O) groups is 1. The second kappa shape index (κ2) is 5.87. The van der Waals surface area contributed by atoms with Crippen molar-refractivity contribution >= 4 is 17.7 Å². The van der Waals surface area contributed by atoms with E-state index in [0.717, 1.165) is 50.7 Å². The fourth-order valence-corrected chi connectivity index (χ4v) is 5.03. The summed E-state index contributed by atoms with van der Waals surface area (Å²) in [4.78, 5) is 14.6. The first-order chi connectivity index (χ1) is 10.8. The maximum absolute atomic E-state index is 12.6. The Bertz CT molecular complexity index is 563. The number of amides is 1. The van der Waals surface area contributed by atoms with E-state index < -0.39 is 0 Å². The first-order valence-corrected chi connectivity index (χ1v) is 9.33. The maximum Gasteiger partial charge on any atom is 0.240 e. The van der Waals surface area contributed by atoms with Gasteiger partial charge in [-0.15, -0.1) is 11.8 Å². The molecule has 1 spiro atoms. The number of nitrogens with one attached hydrogen (secondary N) is 2. The molecule has 0 unspecified atom stereocenters. The standard InChI is InChI=1S/C17H23N3OS/c21-16(15-10-22-12-19-15)20-7-5-17(6-8-20)11-18-9-13-3-1-2-4-14(13)17/h1-4,15,18-19H,5-12H2/t15-/m0/s1. The van der Waals surface area contributed by atoms with Crippen molar-refractivity contribution in [1.82, 2.24) is 15.5 Å². The molecule has 0 aliphatic carbocycles. The number of carbonyl (C=O) groups excluding carboxylic acids is 1. The molecule has 3 heterocycles. The van der Waals surface area contributed by atoms with Crippen LogP contribution in [-0.2, 0) is 16.8 Å². The lowest BCUT2D eigenvalue weighted by molar-refractivity contribution is -0.134. The highest BCUT2D eigenvalue weighted by Gasteiger charge is 2.41. The van der Waals surface area contributed by atoms with Crippen molar-refractivity contribution < 1.29 is 4.79 Å². The minimum atomic E-state index is 0.0378. The van der Waals surface area contributed by atoms with Crippen molar-refractivity contribution in [3.05, 3.63) is 35.4 Å². The van der Waals surface area contributed by atoms with Gasteiger partial charge in [-0.05, 0) is 24.0 Å². The average molecular weight is 317 g/mol. The SMILES string of the molecule is O=C([C@@H]1CSCN1)N1CCC2(CC1)CNCc1ccccc12. The molecule has 4 nitrogen and oxygen atoms in total. The Labute approximate surface area is 136 Å². The molecule has 0 bridgehead atoms. The summed E-state index contributed by atoms with van der Waals surface area (Å²) in [5.74, 6) is 2.13. The number of benzene rings is 1. The summed E-state index contributed by atoms with van der Waals surface area (Å²) in [6.07, 6.45) is 2.14.